The monoisotopic (exact) mass is 543 g/mol. The lowest BCUT2D eigenvalue weighted by Crippen LogP contribution is -2.46. The summed E-state index contributed by atoms with van der Waals surface area (Å²) in [5.74, 6) is 2.72. The van der Waals surface area contributed by atoms with E-state index < -0.39 is 0 Å². The summed E-state index contributed by atoms with van der Waals surface area (Å²) in [4.78, 5) is 6.79. The van der Waals surface area contributed by atoms with Gasteiger partial charge in [-0.05, 0) is 23.6 Å². The Bertz CT molecular complexity index is 804. The summed E-state index contributed by atoms with van der Waals surface area (Å²) in [5.41, 5.74) is 2.19. The van der Waals surface area contributed by atoms with Gasteiger partial charge in [0.25, 0.3) is 0 Å². The third-order valence-corrected chi connectivity index (χ3v) is 5.27. The maximum atomic E-state index is 5.54. The van der Waals surface area contributed by atoms with Gasteiger partial charge in [-0.3, -0.25) is 9.89 Å². The van der Waals surface area contributed by atoms with Crippen molar-refractivity contribution in [2.24, 2.45) is 4.99 Å². The Hall–Kier alpha value is -1.85. The van der Waals surface area contributed by atoms with Crippen molar-refractivity contribution >= 4 is 29.9 Å². The van der Waals surface area contributed by atoms with Crippen LogP contribution in [0.4, 0.5) is 0 Å². The molecule has 172 valence electrons. The summed E-state index contributed by atoms with van der Waals surface area (Å²) in [6, 6.07) is 10.4. The second kappa shape index (κ2) is 12.9. The smallest absolute Gasteiger partial charge is 0.191 e. The number of ether oxygens (including phenoxy) is 2. The number of nitrogens with one attached hydrogen (secondary N) is 2. The SMILES string of the molecule is CN=C(NCc1cc(C(C)C)no1)NCC(c1ccc(OC)cc1)N1CCOCC1.I. The number of aliphatic imine (C=N–C) groups is 1. The van der Waals surface area contributed by atoms with E-state index in [0.717, 1.165) is 56.0 Å². The van der Waals surface area contributed by atoms with Crippen LogP contribution < -0.4 is 15.4 Å². The van der Waals surface area contributed by atoms with E-state index in [0.29, 0.717) is 12.5 Å². The van der Waals surface area contributed by atoms with E-state index in [2.05, 4.69) is 51.7 Å². The van der Waals surface area contributed by atoms with Crippen LogP contribution in [-0.4, -0.2) is 63.0 Å². The fourth-order valence-corrected chi connectivity index (χ4v) is 3.44. The van der Waals surface area contributed by atoms with Crippen LogP contribution in [0.15, 0.2) is 39.8 Å². The maximum absolute atomic E-state index is 5.54. The largest absolute Gasteiger partial charge is 0.497 e. The topological polar surface area (TPSA) is 84.2 Å². The number of halogens is 1. The molecule has 31 heavy (non-hydrogen) atoms. The van der Waals surface area contributed by atoms with Crippen LogP contribution in [-0.2, 0) is 11.3 Å². The van der Waals surface area contributed by atoms with Gasteiger partial charge < -0.3 is 24.6 Å². The van der Waals surface area contributed by atoms with Crippen LogP contribution in [0.2, 0.25) is 0 Å². The number of morpholine rings is 1. The molecule has 9 heteroatoms. The Morgan fingerprint density at radius 3 is 2.48 bits per heavy atom. The third-order valence-electron chi connectivity index (χ3n) is 5.27. The lowest BCUT2D eigenvalue weighted by atomic mass is 10.0. The van der Waals surface area contributed by atoms with Crippen LogP contribution in [0, 0.1) is 0 Å². The highest BCUT2D eigenvalue weighted by Crippen LogP contribution is 2.23. The normalized spacial score (nSPS) is 16.0. The number of methoxy groups -OCH3 is 1. The minimum absolute atomic E-state index is 0. The molecule has 1 aromatic heterocycles. The van der Waals surface area contributed by atoms with E-state index in [1.807, 2.05) is 18.2 Å². The van der Waals surface area contributed by atoms with Gasteiger partial charge >= 0.3 is 0 Å². The van der Waals surface area contributed by atoms with E-state index in [1.54, 1.807) is 14.2 Å². The van der Waals surface area contributed by atoms with Crippen molar-refractivity contribution in [3.8, 4) is 5.75 Å². The van der Waals surface area contributed by atoms with Gasteiger partial charge in [0.2, 0.25) is 0 Å². The molecule has 0 spiro atoms. The fraction of sp³-hybridized carbons (Fsp3) is 0.545. The average Bonchev–Trinajstić information content (AvgIpc) is 3.26. The van der Waals surface area contributed by atoms with Gasteiger partial charge in [-0.1, -0.05) is 31.1 Å². The van der Waals surface area contributed by atoms with Gasteiger partial charge in [-0.15, -0.1) is 24.0 Å². The molecule has 1 saturated heterocycles. The highest BCUT2D eigenvalue weighted by molar-refractivity contribution is 14.0. The predicted octanol–water partition coefficient (Wildman–Crippen LogP) is 3.16. The molecule has 1 fully saturated rings. The molecule has 1 unspecified atom stereocenters. The minimum atomic E-state index is 0. The van der Waals surface area contributed by atoms with Crippen molar-refractivity contribution in [3.63, 3.8) is 0 Å². The van der Waals surface area contributed by atoms with E-state index in [9.17, 15) is 0 Å². The zero-order chi connectivity index (χ0) is 21.3. The second-order valence-electron chi connectivity index (χ2n) is 7.62. The molecular formula is C22H34IN5O3. The van der Waals surface area contributed by atoms with Gasteiger partial charge in [-0.25, -0.2) is 0 Å². The van der Waals surface area contributed by atoms with Crippen molar-refractivity contribution in [1.82, 2.24) is 20.7 Å². The molecule has 1 aliphatic rings. The van der Waals surface area contributed by atoms with Gasteiger partial charge in [0.1, 0.15) is 5.75 Å². The van der Waals surface area contributed by atoms with Crippen LogP contribution in [0.3, 0.4) is 0 Å². The molecule has 1 aliphatic heterocycles. The minimum Gasteiger partial charge on any atom is -0.497 e. The molecule has 3 rings (SSSR count). The summed E-state index contributed by atoms with van der Waals surface area (Å²) in [5, 5.41) is 10.9. The second-order valence-corrected chi connectivity index (χ2v) is 7.62. The molecule has 0 amide bonds. The first-order valence-corrected chi connectivity index (χ1v) is 10.5. The first-order valence-electron chi connectivity index (χ1n) is 10.5. The lowest BCUT2D eigenvalue weighted by molar-refractivity contribution is 0.0170. The van der Waals surface area contributed by atoms with Gasteiger partial charge in [0, 0.05) is 32.7 Å². The summed E-state index contributed by atoms with van der Waals surface area (Å²) < 4.78 is 16.3. The van der Waals surface area contributed by atoms with Crippen molar-refractivity contribution in [2.75, 3.05) is 47.0 Å². The number of benzene rings is 1. The molecule has 2 N–H and O–H groups in total. The fourth-order valence-electron chi connectivity index (χ4n) is 3.44. The molecule has 1 atom stereocenters. The van der Waals surface area contributed by atoms with E-state index in [-0.39, 0.29) is 30.0 Å². The maximum Gasteiger partial charge on any atom is 0.191 e. The van der Waals surface area contributed by atoms with Crippen LogP contribution >= 0.6 is 24.0 Å². The number of guanidine groups is 1. The highest BCUT2D eigenvalue weighted by Gasteiger charge is 2.23. The van der Waals surface area contributed by atoms with E-state index in [4.69, 9.17) is 14.0 Å². The molecule has 2 aromatic rings. The highest BCUT2D eigenvalue weighted by atomic mass is 127. The number of nitrogens with zero attached hydrogens (tertiary/aromatic N) is 3. The standard InChI is InChI=1S/C22H33N5O3.HI/c1-16(2)20-13-19(30-26-20)14-24-22(23-3)25-15-21(27-9-11-29-12-10-27)17-5-7-18(28-4)8-6-17;/h5-8,13,16,21H,9-12,14-15H2,1-4H3,(H2,23,24,25);1H. The van der Waals surface area contributed by atoms with Crippen LogP contribution in [0.1, 0.15) is 42.8 Å². The molecule has 1 aromatic carbocycles. The number of hydrogen-bond donors (Lipinski definition) is 2. The van der Waals surface area contributed by atoms with Crippen molar-refractivity contribution < 1.29 is 14.0 Å². The zero-order valence-electron chi connectivity index (χ0n) is 18.8. The van der Waals surface area contributed by atoms with Gasteiger partial charge in [0.15, 0.2) is 11.7 Å². The summed E-state index contributed by atoms with van der Waals surface area (Å²) in [7, 11) is 3.46. The average molecular weight is 543 g/mol. The van der Waals surface area contributed by atoms with Crippen molar-refractivity contribution in [3.05, 3.63) is 47.3 Å². The number of rotatable bonds is 8. The number of aromatic nitrogens is 1. The first-order chi connectivity index (χ1) is 14.6. The zero-order valence-corrected chi connectivity index (χ0v) is 21.1. The van der Waals surface area contributed by atoms with Crippen LogP contribution in [0.25, 0.3) is 0 Å². The van der Waals surface area contributed by atoms with Gasteiger partial charge in [0.05, 0.1) is 38.6 Å². The molecule has 2 heterocycles. The predicted molar refractivity (Wildman–Crippen MR) is 132 cm³/mol. The third kappa shape index (κ3) is 7.36. The molecule has 8 nitrogen and oxygen atoms in total. The Labute approximate surface area is 201 Å². The summed E-state index contributed by atoms with van der Waals surface area (Å²) in [6.07, 6.45) is 0. The molecule has 0 aliphatic carbocycles. The Kier molecular flexibility index (Phi) is 10.6. The summed E-state index contributed by atoms with van der Waals surface area (Å²) >= 11 is 0. The Morgan fingerprint density at radius 1 is 1.19 bits per heavy atom. The van der Waals surface area contributed by atoms with Crippen molar-refractivity contribution in [2.45, 2.75) is 32.4 Å². The molecular weight excluding hydrogens is 509 g/mol. The first kappa shape index (κ1) is 25.4. The van der Waals surface area contributed by atoms with Crippen molar-refractivity contribution in [1.29, 1.82) is 0 Å². The number of hydrogen-bond acceptors (Lipinski definition) is 6. The summed E-state index contributed by atoms with van der Waals surface area (Å²) in [6.45, 7) is 8.76. The van der Waals surface area contributed by atoms with E-state index in [1.165, 1.54) is 5.56 Å². The molecule has 0 bridgehead atoms. The van der Waals surface area contributed by atoms with Crippen LogP contribution in [0.5, 0.6) is 5.75 Å². The quantitative estimate of drug-likeness (QED) is 0.301. The lowest BCUT2D eigenvalue weighted by Gasteiger charge is -2.35. The Balaban J connectivity index is 0.00000341. The Morgan fingerprint density at radius 2 is 1.90 bits per heavy atom. The molecule has 0 radical (unpaired) electrons. The van der Waals surface area contributed by atoms with Gasteiger partial charge in [-0.2, -0.15) is 0 Å². The van der Waals surface area contributed by atoms with E-state index >= 15 is 0 Å². The molecule has 0 saturated carbocycles.